The summed E-state index contributed by atoms with van der Waals surface area (Å²) in [5.74, 6) is 1.20. The van der Waals surface area contributed by atoms with Gasteiger partial charge in [0, 0.05) is 6.54 Å². The van der Waals surface area contributed by atoms with Gasteiger partial charge in [0.2, 0.25) is 11.0 Å². The number of aryl methyl sites for hydroxylation is 1. The number of aromatic nitrogens is 2. The van der Waals surface area contributed by atoms with Crippen molar-refractivity contribution in [2.24, 2.45) is 0 Å². The van der Waals surface area contributed by atoms with E-state index in [2.05, 4.69) is 33.0 Å². The average molecular weight is 389 g/mol. The number of thioether (sulfide) groups is 1. The Bertz CT molecular complexity index is 791. The van der Waals surface area contributed by atoms with Crippen molar-refractivity contribution in [1.82, 2.24) is 15.5 Å². The Morgan fingerprint density at radius 3 is 2.85 bits per heavy atom. The van der Waals surface area contributed by atoms with Crippen LogP contribution in [0.4, 0.5) is 5.13 Å². The van der Waals surface area contributed by atoms with Crippen molar-refractivity contribution in [3.8, 4) is 0 Å². The first kappa shape index (κ1) is 18.5. The van der Waals surface area contributed by atoms with Gasteiger partial charge in [-0.15, -0.1) is 10.2 Å². The summed E-state index contributed by atoms with van der Waals surface area (Å²) in [7, 11) is 0. The second kappa shape index (κ2) is 9.98. The van der Waals surface area contributed by atoms with Crippen LogP contribution in [0.25, 0.3) is 0 Å². The van der Waals surface area contributed by atoms with E-state index in [1.54, 1.807) is 6.26 Å². The molecule has 0 aliphatic carbocycles. The lowest BCUT2D eigenvalue weighted by Gasteiger charge is -2.04. The normalized spacial score (nSPS) is 10.6. The second-order valence-electron chi connectivity index (χ2n) is 5.53. The summed E-state index contributed by atoms with van der Waals surface area (Å²) < 4.78 is 6.02. The number of rotatable bonds is 10. The van der Waals surface area contributed by atoms with Crippen molar-refractivity contribution in [2.45, 2.75) is 23.7 Å². The second-order valence-corrected chi connectivity index (χ2v) is 7.73. The molecule has 2 aromatic heterocycles. The Morgan fingerprint density at radius 1 is 1.15 bits per heavy atom. The van der Waals surface area contributed by atoms with E-state index in [1.807, 2.05) is 30.3 Å². The van der Waals surface area contributed by atoms with Gasteiger partial charge in [-0.05, 0) is 30.5 Å². The lowest BCUT2D eigenvalue weighted by atomic mass is 10.1. The van der Waals surface area contributed by atoms with E-state index in [-0.39, 0.29) is 5.91 Å². The minimum Gasteiger partial charge on any atom is -0.467 e. The molecular formula is C18H20N4O2S2. The van der Waals surface area contributed by atoms with Crippen LogP contribution < -0.4 is 10.6 Å². The number of nitrogens with one attached hydrogen (secondary N) is 2. The standard InChI is InChI=1S/C18H20N4O2S2/c23-16(19-10-4-8-14-6-2-1-3-7-14)13-25-18-22-21-17(26-18)20-12-15-9-5-11-24-15/h1-3,5-7,9,11H,4,8,10,12-13H2,(H,19,23)(H,20,21). The highest BCUT2D eigenvalue weighted by Gasteiger charge is 2.08. The molecule has 136 valence electrons. The van der Waals surface area contributed by atoms with Crippen LogP contribution in [0.3, 0.4) is 0 Å². The quantitative estimate of drug-likeness (QED) is 0.408. The van der Waals surface area contributed by atoms with Gasteiger partial charge in [-0.1, -0.05) is 53.4 Å². The Hall–Kier alpha value is -2.32. The highest BCUT2D eigenvalue weighted by atomic mass is 32.2. The molecule has 0 fully saturated rings. The van der Waals surface area contributed by atoms with Gasteiger partial charge in [0.25, 0.3) is 0 Å². The smallest absolute Gasteiger partial charge is 0.230 e. The lowest BCUT2D eigenvalue weighted by Crippen LogP contribution is -2.26. The molecule has 26 heavy (non-hydrogen) atoms. The molecular weight excluding hydrogens is 368 g/mol. The predicted molar refractivity (Wildman–Crippen MR) is 104 cm³/mol. The van der Waals surface area contributed by atoms with E-state index in [9.17, 15) is 4.79 Å². The fraction of sp³-hybridized carbons (Fsp3) is 0.278. The molecule has 1 aromatic carbocycles. The maximum atomic E-state index is 11.9. The summed E-state index contributed by atoms with van der Waals surface area (Å²) >= 11 is 2.83. The van der Waals surface area contributed by atoms with Gasteiger partial charge in [-0.3, -0.25) is 4.79 Å². The molecule has 3 aromatic rings. The van der Waals surface area contributed by atoms with E-state index in [0.29, 0.717) is 24.0 Å². The van der Waals surface area contributed by atoms with Crippen molar-refractivity contribution in [1.29, 1.82) is 0 Å². The van der Waals surface area contributed by atoms with Gasteiger partial charge >= 0.3 is 0 Å². The molecule has 8 heteroatoms. The zero-order valence-corrected chi connectivity index (χ0v) is 15.8. The maximum Gasteiger partial charge on any atom is 0.230 e. The number of carbonyl (C=O) groups excluding carboxylic acids is 1. The Labute approximate surface area is 160 Å². The lowest BCUT2D eigenvalue weighted by molar-refractivity contribution is -0.118. The van der Waals surface area contributed by atoms with E-state index in [4.69, 9.17) is 4.42 Å². The SMILES string of the molecule is O=C(CSc1nnc(NCc2ccco2)s1)NCCCc1ccccc1. The van der Waals surface area contributed by atoms with Gasteiger partial charge in [0.15, 0.2) is 4.34 Å². The Morgan fingerprint density at radius 2 is 2.04 bits per heavy atom. The molecule has 0 unspecified atom stereocenters. The van der Waals surface area contributed by atoms with Crippen LogP contribution in [-0.2, 0) is 17.8 Å². The molecule has 2 heterocycles. The molecule has 0 bridgehead atoms. The molecule has 0 radical (unpaired) electrons. The molecule has 2 N–H and O–H groups in total. The Kier molecular flexibility index (Phi) is 7.09. The van der Waals surface area contributed by atoms with Crippen LogP contribution >= 0.6 is 23.1 Å². The van der Waals surface area contributed by atoms with E-state index < -0.39 is 0 Å². The van der Waals surface area contributed by atoms with Crippen molar-refractivity contribution in [2.75, 3.05) is 17.6 Å². The number of nitrogens with zero attached hydrogens (tertiary/aromatic N) is 2. The third kappa shape index (κ3) is 6.20. The molecule has 0 saturated heterocycles. The first-order valence-electron chi connectivity index (χ1n) is 8.33. The fourth-order valence-electron chi connectivity index (χ4n) is 2.26. The van der Waals surface area contributed by atoms with Crippen LogP contribution in [-0.4, -0.2) is 28.4 Å². The number of anilines is 1. The van der Waals surface area contributed by atoms with Crippen LogP contribution in [0.2, 0.25) is 0 Å². The number of carbonyl (C=O) groups is 1. The van der Waals surface area contributed by atoms with Crippen LogP contribution in [0, 0.1) is 0 Å². The number of hydrogen-bond acceptors (Lipinski definition) is 7. The monoisotopic (exact) mass is 388 g/mol. The summed E-state index contributed by atoms with van der Waals surface area (Å²) in [6, 6.07) is 14.0. The molecule has 3 rings (SSSR count). The minimum absolute atomic E-state index is 0.0170. The zero-order chi connectivity index (χ0) is 18.0. The fourth-order valence-corrected chi connectivity index (χ4v) is 3.84. The summed E-state index contributed by atoms with van der Waals surface area (Å²) in [6.07, 6.45) is 3.53. The van der Waals surface area contributed by atoms with Crippen molar-refractivity contribution in [3.63, 3.8) is 0 Å². The molecule has 1 amide bonds. The third-order valence-corrected chi connectivity index (χ3v) is 5.55. The van der Waals surface area contributed by atoms with E-state index in [1.165, 1.54) is 28.7 Å². The number of benzene rings is 1. The molecule has 6 nitrogen and oxygen atoms in total. The summed E-state index contributed by atoms with van der Waals surface area (Å²) in [5.41, 5.74) is 1.29. The van der Waals surface area contributed by atoms with Crippen LogP contribution in [0.5, 0.6) is 0 Å². The number of amides is 1. The molecule has 0 saturated carbocycles. The van der Waals surface area contributed by atoms with Gasteiger partial charge in [-0.2, -0.15) is 0 Å². The van der Waals surface area contributed by atoms with Gasteiger partial charge in [-0.25, -0.2) is 0 Å². The van der Waals surface area contributed by atoms with E-state index >= 15 is 0 Å². The number of furan rings is 1. The number of hydrogen-bond donors (Lipinski definition) is 2. The van der Waals surface area contributed by atoms with Crippen molar-refractivity contribution >= 4 is 34.1 Å². The Balaban J connectivity index is 1.30. The third-order valence-electron chi connectivity index (χ3n) is 3.53. The van der Waals surface area contributed by atoms with Crippen molar-refractivity contribution in [3.05, 3.63) is 60.1 Å². The highest BCUT2D eigenvalue weighted by Crippen LogP contribution is 2.25. The molecule has 0 spiro atoms. The minimum atomic E-state index is 0.0170. The largest absolute Gasteiger partial charge is 0.467 e. The molecule has 0 aliphatic rings. The maximum absolute atomic E-state index is 11.9. The first-order chi connectivity index (χ1) is 12.8. The van der Waals surface area contributed by atoms with Gasteiger partial charge in [0.1, 0.15) is 5.76 Å². The summed E-state index contributed by atoms with van der Waals surface area (Å²) in [4.78, 5) is 11.9. The van der Waals surface area contributed by atoms with Gasteiger partial charge in [0.05, 0.1) is 18.6 Å². The first-order valence-corrected chi connectivity index (χ1v) is 10.1. The topological polar surface area (TPSA) is 80.1 Å². The van der Waals surface area contributed by atoms with Gasteiger partial charge < -0.3 is 15.1 Å². The molecule has 0 atom stereocenters. The predicted octanol–water partition coefficient (Wildman–Crippen LogP) is 3.58. The van der Waals surface area contributed by atoms with E-state index in [0.717, 1.165) is 22.9 Å². The summed E-state index contributed by atoms with van der Waals surface area (Å²) in [6.45, 7) is 1.24. The zero-order valence-electron chi connectivity index (χ0n) is 14.2. The highest BCUT2D eigenvalue weighted by molar-refractivity contribution is 8.01. The average Bonchev–Trinajstić information content (AvgIpc) is 3.34. The summed E-state index contributed by atoms with van der Waals surface area (Å²) in [5, 5.41) is 15.0. The van der Waals surface area contributed by atoms with Crippen molar-refractivity contribution < 1.29 is 9.21 Å². The van der Waals surface area contributed by atoms with Crippen LogP contribution in [0.15, 0.2) is 57.5 Å². The van der Waals surface area contributed by atoms with Crippen LogP contribution in [0.1, 0.15) is 17.7 Å². The molecule has 0 aliphatic heterocycles.